The number of fused-ring (bicyclic) bond motifs is 1. The molecular weight excluding hydrogens is 407 g/mol. The highest BCUT2D eigenvalue weighted by atomic mass is 19.1. The van der Waals surface area contributed by atoms with E-state index in [1.165, 1.54) is 6.07 Å². The number of aromatic nitrogens is 4. The van der Waals surface area contributed by atoms with Gasteiger partial charge in [0.2, 0.25) is 0 Å². The first-order chi connectivity index (χ1) is 15.7. The van der Waals surface area contributed by atoms with E-state index in [-0.39, 0.29) is 5.82 Å². The number of nitrogens with zero attached hydrogens (tertiary/aromatic N) is 2. The van der Waals surface area contributed by atoms with Crippen LogP contribution >= 0.6 is 0 Å². The van der Waals surface area contributed by atoms with Crippen LogP contribution in [0, 0.1) is 5.82 Å². The average Bonchev–Trinajstić information content (AvgIpc) is 3.50. The second kappa shape index (κ2) is 8.55. The quantitative estimate of drug-likeness (QED) is 0.374. The lowest BCUT2D eigenvalue weighted by atomic mass is 10.0. The predicted octanol–water partition coefficient (Wildman–Crippen LogP) is 5.19. The molecule has 3 aromatic heterocycles. The highest BCUT2D eigenvalue weighted by Gasteiger charge is 2.22. The Bertz CT molecular complexity index is 1330. The number of methoxy groups -OCH3 is 1. The molecular formula is C25H21FN4O2. The smallest absolute Gasteiger partial charge is 0.167 e. The van der Waals surface area contributed by atoms with Gasteiger partial charge < -0.3 is 19.4 Å². The number of hydrogen-bond acceptors (Lipinski definition) is 4. The molecule has 0 radical (unpaired) electrons. The first-order valence-electron chi connectivity index (χ1n) is 10.2. The molecule has 32 heavy (non-hydrogen) atoms. The summed E-state index contributed by atoms with van der Waals surface area (Å²) in [6, 6.07) is 16.6. The maximum absolute atomic E-state index is 15.2. The molecule has 7 heteroatoms. The van der Waals surface area contributed by atoms with Crippen LogP contribution in [0.15, 0.2) is 79.5 Å². The van der Waals surface area contributed by atoms with Gasteiger partial charge in [0.25, 0.3) is 0 Å². The maximum atomic E-state index is 15.2. The SMILES string of the molecule is COc1cc(Cc2c[nH]c3ncccc23)c(F)cc1OC(c1ccccc1)c1c[nH]cn1. The number of ether oxygens (including phenoxy) is 2. The molecule has 0 fully saturated rings. The Labute approximate surface area is 184 Å². The Morgan fingerprint density at radius 1 is 0.969 bits per heavy atom. The normalized spacial score (nSPS) is 12.1. The topological polar surface area (TPSA) is 75.8 Å². The molecule has 1 atom stereocenters. The lowest BCUT2D eigenvalue weighted by Gasteiger charge is -2.20. The number of imidazole rings is 1. The van der Waals surface area contributed by atoms with Gasteiger partial charge in [-0.2, -0.15) is 0 Å². The average molecular weight is 428 g/mol. The molecule has 0 aliphatic heterocycles. The van der Waals surface area contributed by atoms with Crippen molar-refractivity contribution in [2.24, 2.45) is 0 Å². The summed E-state index contributed by atoms with van der Waals surface area (Å²) in [5, 5.41) is 0.967. The van der Waals surface area contributed by atoms with Crippen molar-refractivity contribution >= 4 is 11.0 Å². The summed E-state index contributed by atoms with van der Waals surface area (Å²) >= 11 is 0. The summed E-state index contributed by atoms with van der Waals surface area (Å²) in [6.45, 7) is 0. The number of H-pyrrole nitrogens is 2. The number of benzene rings is 2. The van der Waals surface area contributed by atoms with Gasteiger partial charge >= 0.3 is 0 Å². The molecule has 0 saturated heterocycles. The summed E-state index contributed by atoms with van der Waals surface area (Å²) in [7, 11) is 1.55. The van der Waals surface area contributed by atoms with Gasteiger partial charge in [-0.1, -0.05) is 30.3 Å². The number of halogens is 1. The molecule has 5 aromatic rings. The summed E-state index contributed by atoms with van der Waals surface area (Å²) in [5.41, 5.74) is 3.84. The Morgan fingerprint density at radius 3 is 2.62 bits per heavy atom. The van der Waals surface area contributed by atoms with E-state index in [2.05, 4.69) is 19.9 Å². The van der Waals surface area contributed by atoms with E-state index in [4.69, 9.17) is 9.47 Å². The molecule has 3 heterocycles. The van der Waals surface area contributed by atoms with E-state index >= 15 is 4.39 Å². The largest absolute Gasteiger partial charge is 0.493 e. The minimum atomic E-state index is -0.513. The number of rotatable bonds is 7. The van der Waals surface area contributed by atoms with Crippen LogP contribution in [0.2, 0.25) is 0 Å². The van der Waals surface area contributed by atoms with Gasteiger partial charge in [-0.15, -0.1) is 0 Å². The third-order valence-electron chi connectivity index (χ3n) is 5.39. The maximum Gasteiger partial charge on any atom is 0.167 e. The van der Waals surface area contributed by atoms with Crippen LogP contribution in [0.3, 0.4) is 0 Å². The minimum Gasteiger partial charge on any atom is -0.493 e. The van der Waals surface area contributed by atoms with Gasteiger partial charge in [-0.25, -0.2) is 14.4 Å². The first kappa shape index (κ1) is 19.8. The Morgan fingerprint density at radius 2 is 1.84 bits per heavy atom. The minimum absolute atomic E-state index is 0.311. The molecule has 2 N–H and O–H groups in total. The van der Waals surface area contributed by atoms with Gasteiger partial charge in [-0.3, -0.25) is 0 Å². The number of aromatic amines is 2. The molecule has 1 unspecified atom stereocenters. The van der Waals surface area contributed by atoms with E-state index in [0.29, 0.717) is 29.2 Å². The summed E-state index contributed by atoms with van der Waals surface area (Å²) in [5.74, 6) is 0.398. The van der Waals surface area contributed by atoms with Crippen LogP contribution in [0.4, 0.5) is 4.39 Å². The van der Waals surface area contributed by atoms with E-state index in [1.54, 1.807) is 31.9 Å². The van der Waals surface area contributed by atoms with E-state index < -0.39 is 6.10 Å². The van der Waals surface area contributed by atoms with Crippen molar-refractivity contribution in [1.82, 2.24) is 19.9 Å². The van der Waals surface area contributed by atoms with Gasteiger partial charge in [0.05, 0.1) is 13.4 Å². The second-order valence-electron chi connectivity index (χ2n) is 7.39. The molecule has 0 saturated carbocycles. The van der Waals surface area contributed by atoms with Crippen LogP contribution in [0.25, 0.3) is 11.0 Å². The van der Waals surface area contributed by atoms with Crippen molar-refractivity contribution < 1.29 is 13.9 Å². The predicted molar refractivity (Wildman–Crippen MR) is 119 cm³/mol. The van der Waals surface area contributed by atoms with Gasteiger partial charge in [-0.05, 0) is 34.9 Å². The van der Waals surface area contributed by atoms with Crippen molar-refractivity contribution in [2.45, 2.75) is 12.5 Å². The summed E-state index contributed by atoms with van der Waals surface area (Å²) in [4.78, 5) is 14.7. The van der Waals surface area contributed by atoms with E-state index in [1.807, 2.05) is 48.7 Å². The van der Waals surface area contributed by atoms with Crippen LogP contribution in [-0.2, 0) is 6.42 Å². The van der Waals surface area contributed by atoms with Crippen molar-refractivity contribution in [1.29, 1.82) is 0 Å². The van der Waals surface area contributed by atoms with Gasteiger partial charge in [0.15, 0.2) is 17.6 Å². The van der Waals surface area contributed by atoms with E-state index in [0.717, 1.165) is 22.2 Å². The number of pyridine rings is 1. The molecule has 0 aliphatic carbocycles. The highest BCUT2D eigenvalue weighted by molar-refractivity contribution is 5.79. The van der Waals surface area contributed by atoms with Crippen LogP contribution in [0.5, 0.6) is 11.5 Å². The van der Waals surface area contributed by atoms with Crippen molar-refractivity contribution in [2.75, 3.05) is 7.11 Å². The van der Waals surface area contributed by atoms with Crippen LogP contribution < -0.4 is 9.47 Å². The molecule has 2 aromatic carbocycles. The number of nitrogens with one attached hydrogen (secondary N) is 2. The molecule has 5 rings (SSSR count). The molecule has 0 aliphatic rings. The third kappa shape index (κ3) is 3.80. The molecule has 0 amide bonds. The van der Waals surface area contributed by atoms with E-state index in [9.17, 15) is 0 Å². The van der Waals surface area contributed by atoms with Crippen LogP contribution in [-0.4, -0.2) is 27.0 Å². The van der Waals surface area contributed by atoms with Gasteiger partial charge in [0.1, 0.15) is 17.2 Å². The fourth-order valence-electron chi connectivity index (χ4n) is 3.80. The summed E-state index contributed by atoms with van der Waals surface area (Å²) in [6.07, 6.45) is 6.82. The van der Waals surface area contributed by atoms with Crippen molar-refractivity contribution in [3.05, 3.63) is 108 Å². The molecule has 0 spiro atoms. The molecule has 160 valence electrons. The zero-order valence-electron chi connectivity index (χ0n) is 17.4. The zero-order valence-corrected chi connectivity index (χ0v) is 17.4. The summed E-state index contributed by atoms with van der Waals surface area (Å²) < 4.78 is 27.0. The first-order valence-corrected chi connectivity index (χ1v) is 10.2. The lowest BCUT2D eigenvalue weighted by molar-refractivity contribution is 0.229. The fraction of sp³-hybridized carbons (Fsp3) is 0.120. The van der Waals surface area contributed by atoms with Crippen LogP contribution in [0.1, 0.15) is 28.5 Å². The fourth-order valence-corrected chi connectivity index (χ4v) is 3.80. The Kier molecular flexibility index (Phi) is 5.29. The second-order valence-corrected chi connectivity index (χ2v) is 7.39. The standard InChI is InChI=1S/C25H21FN4O2/c1-31-22-11-17(10-18-13-29-25-19(18)8-5-9-28-25)20(26)12-23(22)32-24(21-14-27-15-30-21)16-6-3-2-4-7-16/h2-9,11-15,24H,10H2,1H3,(H,27,30)(H,28,29). The number of hydrogen-bond donors (Lipinski definition) is 2. The monoisotopic (exact) mass is 428 g/mol. The molecule has 6 nitrogen and oxygen atoms in total. The highest BCUT2D eigenvalue weighted by Crippen LogP contribution is 2.36. The van der Waals surface area contributed by atoms with Gasteiger partial charge in [0, 0.05) is 36.5 Å². The Hall–Kier alpha value is -4.13. The molecule has 0 bridgehead atoms. The third-order valence-corrected chi connectivity index (χ3v) is 5.39. The van der Waals surface area contributed by atoms with Crippen molar-refractivity contribution in [3.63, 3.8) is 0 Å². The Balaban J connectivity index is 1.49. The zero-order chi connectivity index (χ0) is 21.9. The van der Waals surface area contributed by atoms with Crippen molar-refractivity contribution in [3.8, 4) is 11.5 Å². The lowest BCUT2D eigenvalue weighted by Crippen LogP contribution is -2.11.